The maximum absolute atomic E-state index is 12.4. The number of nitrogens with zero attached hydrogens (tertiary/aromatic N) is 2. The Kier molecular flexibility index (Phi) is 7.18. The Morgan fingerprint density at radius 1 is 1.09 bits per heavy atom. The van der Waals surface area contributed by atoms with Crippen molar-refractivity contribution in [2.75, 3.05) is 19.5 Å². The highest BCUT2D eigenvalue weighted by Crippen LogP contribution is 2.26. The van der Waals surface area contributed by atoms with E-state index in [2.05, 4.69) is 20.0 Å². The number of benzene rings is 2. The van der Waals surface area contributed by atoms with Gasteiger partial charge < -0.3 is 14.8 Å². The van der Waals surface area contributed by atoms with E-state index >= 15 is 0 Å². The fraction of sp³-hybridized carbons (Fsp3) is 0.136. The van der Waals surface area contributed by atoms with Crippen LogP contribution in [0.5, 0.6) is 17.5 Å². The van der Waals surface area contributed by atoms with E-state index in [4.69, 9.17) is 9.47 Å². The number of rotatable bonds is 8. The average Bonchev–Trinajstić information content (AvgIpc) is 2.80. The van der Waals surface area contributed by atoms with Gasteiger partial charge in [0, 0.05) is 24.2 Å². The van der Waals surface area contributed by atoms with Gasteiger partial charge in [0.1, 0.15) is 16.4 Å². The molecule has 2 aromatic carbocycles. The van der Waals surface area contributed by atoms with E-state index in [1.54, 1.807) is 42.7 Å². The lowest BCUT2D eigenvalue weighted by Crippen LogP contribution is -2.19. The SMILES string of the molecule is CNS(=O)(=O)c1cc(/C=C/C(=O)Nc2ccc(Oc3ncccn3)cc2C)ccc1OC. The van der Waals surface area contributed by atoms with Crippen LogP contribution < -0.4 is 19.5 Å². The maximum Gasteiger partial charge on any atom is 0.321 e. The van der Waals surface area contributed by atoms with Crippen LogP contribution in [0.25, 0.3) is 6.08 Å². The van der Waals surface area contributed by atoms with E-state index in [0.29, 0.717) is 17.0 Å². The number of nitrogens with one attached hydrogen (secondary N) is 2. The fourth-order valence-corrected chi connectivity index (χ4v) is 3.67. The molecule has 0 aliphatic heterocycles. The first-order valence-corrected chi connectivity index (χ1v) is 11.0. The third-order valence-electron chi connectivity index (χ3n) is 4.38. The first-order chi connectivity index (χ1) is 15.3. The van der Waals surface area contributed by atoms with E-state index < -0.39 is 10.0 Å². The number of carbonyl (C=O) groups is 1. The minimum absolute atomic E-state index is 0.0149. The summed E-state index contributed by atoms with van der Waals surface area (Å²) < 4.78 is 37.3. The first kappa shape index (κ1) is 22.9. The van der Waals surface area contributed by atoms with Gasteiger partial charge in [-0.1, -0.05) is 6.07 Å². The Labute approximate surface area is 186 Å². The topological polar surface area (TPSA) is 120 Å². The van der Waals surface area contributed by atoms with Crippen molar-refractivity contribution < 1.29 is 22.7 Å². The molecule has 0 saturated carbocycles. The second-order valence-corrected chi connectivity index (χ2v) is 8.41. The third-order valence-corrected chi connectivity index (χ3v) is 5.82. The van der Waals surface area contributed by atoms with E-state index in [-0.39, 0.29) is 22.6 Å². The molecule has 3 rings (SSSR count). The Bertz CT molecular complexity index is 1240. The number of hydrogen-bond donors (Lipinski definition) is 2. The van der Waals surface area contributed by atoms with Crippen molar-refractivity contribution >= 4 is 27.7 Å². The maximum atomic E-state index is 12.4. The lowest BCUT2D eigenvalue weighted by Gasteiger charge is -2.10. The summed E-state index contributed by atoms with van der Waals surface area (Å²) >= 11 is 0. The molecule has 0 aliphatic carbocycles. The van der Waals surface area contributed by atoms with Crippen molar-refractivity contribution in [1.29, 1.82) is 0 Å². The third kappa shape index (κ3) is 5.68. The lowest BCUT2D eigenvalue weighted by atomic mass is 10.2. The fourth-order valence-electron chi connectivity index (χ4n) is 2.75. The van der Waals surface area contributed by atoms with Crippen molar-refractivity contribution in [2.24, 2.45) is 0 Å². The summed E-state index contributed by atoms with van der Waals surface area (Å²) in [7, 11) is -1.01. The normalized spacial score (nSPS) is 11.3. The minimum atomic E-state index is -3.71. The van der Waals surface area contributed by atoms with Gasteiger partial charge in [-0.3, -0.25) is 4.79 Å². The summed E-state index contributed by atoms with van der Waals surface area (Å²) in [6, 6.07) is 11.7. The molecule has 0 unspecified atom stereocenters. The molecule has 0 saturated heterocycles. The van der Waals surface area contributed by atoms with Gasteiger partial charge in [0.2, 0.25) is 15.9 Å². The zero-order valence-corrected chi connectivity index (χ0v) is 18.5. The average molecular weight is 455 g/mol. The van der Waals surface area contributed by atoms with Gasteiger partial charge in [-0.25, -0.2) is 23.1 Å². The molecule has 0 atom stereocenters. The molecule has 0 spiro atoms. The predicted octanol–water partition coefficient (Wildman–Crippen LogP) is 3.15. The molecule has 1 heterocycles. The second kappa shape index (κ2) is 10.0. The standard InChI is InChI=1S/C22H22N4O5S/c1-15-13-17(31-22-24-11-4-12-25-22)7-8-18(15)26-21(27)10-6-16-5-9-19(30-3)20(14-16)32(28,29)23-2/h4-14,23H,1-3H3,(H,26,27)/b10-6+. The molecule has 10 heteroatoms. The van der Waals surface area contributed by atoms with Crippen molar-refractivity contribution in [2.45, 2.75) is 11.8 Å². The Balaban J connectivity index is 1.71. The molecular formula is C22H22N4O5S. The van der Waals surface area contributed by atoms with Gasteiger partial charge in [0.05, 0.1) is 7.11 Å². The zero-order chi connectivity index (χ0) is 23.1. The van der Waals surface area contributed by atoms with Gasteiger partial charge in [-0.2, -0.15) is 0 Å². The summed E-state index contributed by atoms with van der Waals surface area (Å²) in [6.07, 6.45) is 5.99. The molecule has 0 radical (unpaired) electrons. The van der Waals surface area contributed by atoms with Crippen LogP contribution in [0.15, 0.2) is 65.8 Å². The number of carbonyl (C=O) groups excluding carboxylic acids is 1. The number of anilines is 1. The molecule has 2 N–H and O–H groups in total. The van der Waals surface area contributed by atoms with E-state index in [9.17, 15) is 13.2 Å². The predicted molar refractivity (Wildman–Crippen MR) is 120 cm³/mol. The molecule has 0 aliphatic rings. The molecule has 1 aromatic heterocycles. The number of ether oxygens (including phenoxy) is 2. The van der Waals surface area contributed by atoms with Crippen LogP contribution in [-0.2, 0) is 14.8 Å². The van der Waals surface area contributed by atoms with E-state index in [1.165, 1.54) is 38.4 Å². The number of amides is 1. The summed E-state index contributed by atoms with van der Waals surface area (Å²) in [4.78, 5) is 20.4. The van der Waals surface area contributed by atoms with E-state index in [0.717, 1.165) is 5.56 Å². The number of aryl methyl sites for hydroxylation is 1. The highest BCUT2D eigenvalue weighted by Gasteiger charge is 2.17. The van der Waals surface area contributed by atoms with Crippen LogP contribution >= 0.6 is 0 Å². The second-order valence-electron chi connectivity index (χ2n) is 6.55. The highest BCUT2D eigenvalue weighted by molar-refractivity contribution is 7.89. The van der Waals surface area contributed by atoms with Crippen LogP contribution in [0, 0.1) is 6.92 Å². The highest BCUT2D eigenvalue weighted by atomic mass is 32.2. The Morgan fingerprint density at radius 2 is 1.84 bits per heavy atom. The van der Waals surface area contributed by atoms with Crippen molar-refractivity contribution in [1.82, 2.24) is 14.7 Å². The van der Waals surface area contributed by atoms with Gasteiger partial charge in [-0.05, 0) is 67.6 Å². The monoisotopic (exact) mass is 454 g/mol. The Hall–Kier alpha value is -3.76. The van der Waals surface area contributed by atoms with Crippen LogP contribution in [-0.4, -0.2) is 38.5 Å². The lowest BCUT2D eigenvalue weighted by molar-refractivity contribution is -0.111. The first-order valence-electron chi connectivity index (χ1n) is 9.48. The van der Waals surface area contributed by atoms with Gasteiger partial charge in [0.25, 0.3) is 0 Å². The van der Waals surface area contributed by atoms with Crippen LogP contribution in [0.2, 0.25) is 0 Å². The quantitative estimate of drug-likeness (QED) is 0.502. The largest absolute Gasteiger partial charge is 0.495 e. The number of sulfonamides is 1. The smallest absolute Gasteiger partial charge is 0.321 e. The van der Waals surface area contributed by atoms with Crippen molar-refractivity contribution in [3.8, 4) is 17.5 Å². The summed E-state index contributed by atoms with van der Waals surface area (Å²) in [5.41, 5.74) is 1.92. The molecule has 0 fully saturated rings. The molecule has 32 heavy (non-hydrogen) atoms. The summed E-state index contributed by atoms with van der Waals surface area (Å²) in [5, 5.41) is 2.78. The summed E-state index contributed by atoms with van der Waals surface area (Å²) in [5.74, 6) is 0.375. The molecular weight excluding hydrogens is 432 g/mol. The van der Waals surface area contributed by atoms with Gasteiger partial charge >= 0.3 is 6.01 Å². The zero-order valence-electron chi connectivity index (χ0n) is 17.7. The van der Waals surface area contributed by atoms with Gasteiger partial charge in [0.15, 0.2) is 0 Å². The molecule has 166 valence electrons. The van der Waals surface area contributed by atoms with Crippen LogP contribution in [0.1, 0.15) is 11.1 Å². The molecule has 1 amide bonds. The number of hydrogen-bond acceptors (Lipinski definition) is 7. The van der Waals surface area contributed by atoms with Crippen LogP contribution in [0.3, 0.4) is 0 Å². The molecule has 0 bridgehead atoms. The van der Waals surface area contributed by atoms with Gasteiger partial charge in [-0.15, -0.1) is 0 Å². The minimum Gasteiger partial charge on any atom is -0.495 e. The number of aromatic nitrogens is 2. The Morgan fingerprint density at radius 3 is 2.50 bits per heavy atom. The molecule has 9 nitrogen and oxygen atoms in total. The van der Waals surface area contributed by atoms with Crippen molar-refractivity contribution in [3.63, 3.8) is 0 Å². The van der Waals surface area contributed by atoms with E-state index in [1.807, 2.05) is 6.92 Å². The van der Waals surface area contributed by atoms with Crippen molar-refractivity contribution in [3.05, 3.63) is 72.1 Å². The summed E-state index contributed by atoms with van der Waals surface area (Å²) in [6.45, 7) is 1.83. The molecule has 3 aromatic rings. The van der Waals surface area contributed by atoms with Crippen LogP contribution in [0.4, 0.5) is 5.69 Å². The number of methoxy groups -OCH3 is 1.